The van der Waals surface area contributed by atoms with Crippen molar-refractivity contribution in [2.75, 3.05) is 44.2 Å². The number of carbonyl (C=O) groups is 1. The minimum atomic E-state index is -0.341. The molecule has 0 atom stereocenters. The second-order valence-corrected chi connectivity index (χ2v) is 9.13. The predicted molar refractivity (Wildman–Crippen MR) is 136 cm³/mol. The Labute approximate surface area is 210 Å². The molecule has 5 rings (SSSR count). The van der Waals surface area contributed by atoms with Gasteiger partial charge in [0.05, 0.1) is 43.4 Å². The number of benzene rings is 1. The molecule has 0 bridgehead atoms. The molecule has 2 aliphatic rings. The van der Waals surface area contributed by atoms with Crippen molar-refractivity contribution >= 4 is 23.3 Å². The normalized spacial score (nSPS) is 15.9. The van der Waals surface area contributed by atoms with Crippen molar-refractivity contribution in [1.82, 2.24) is 15.0 Å². The lowest BCUT2D eigenvalue weighted by Crippen LogP contribution is -2.31. The average Bonchev–Trinajstić information content (AvgIpc) is 2.93. The molecule has 1 N–H and O–H groups in total. The van der Waals surface area contributed by atoms with Crippen LogP contribution >= 0.6 is 0 Å². The van der Waals surface area contributed by atoms with Crippen molar-refractivity contribution in [3.05, 3.63) is 70.8 Å². The fourth-order valence-corrected chi connectivity index (χ4v) is 4.89. The highest BCUT2D eigenvalue weighted by Gasteiger charge is 2.23. The van der Waals surface area contributed by atoms with Crippen LogP contribution in [-0.4, -0.2) is 54.9 Å². The van der Waals surface area contributed by atoms with E-state index in [1.807, 2.05) is 36.8 Å². The Morgan fingerprint density at radius 3 is 2.83 bits per heavy atom. The largest absolute Gasteiger partial charge is 0.465 e. The summed E-state index contributed by atoms with van der Waals surface area (Å²) < 4.78 is 15.8. The summed E-state index contributed by atoms with van der Waals surface area (Å²) in [5.41, 5.74) is 6.52. The average molecular weight is 490 g/mol. The monoisotopic (exact) mass is 489 g/mol. The van der Waals surface area contributed by atoms with Crippen LogP contribution in [0, 0.1) is 0 Å². The van der Waals surface area contributed by atoms with Crippen LogP contribution < -0.4 is 10.2 Å². The summed E-state index contributed by atoms with van der Waals surface area (Å²) in [6.45, 7) is 3.48. The molecule has 9 heteroatoms. The number of hydrogen-bond donors (Lipinski definition) is 1. The van der Waals surface area contributed by atoms with E-state index in [2.05, 4.69) is 26.3 Å². The van der Waals surface area contributed by atoms with Gasteiger partial charge in [-0.25, -0.2) is 14.8 Å². The number of ether oxygens (including phenoxy) is 3. The number of pyridine rings is 1. The second-order valence-electron chi connectivity index (χ2n) is 9.13. The fourth-order valence-electron chi connectivity index (χ4n) is 4.89. The molecule has 0 saturated carbocycles. The zero-order chi connectivity index (χ0) is 24.9. The summed E-state index contributed by atoms with van der Waals surface area (Å²) in [4.78, 5) is 28.5. The lowest BCUT2D eigenvalue weighted by molar-refractivity contribution is 0.0592. The molecule has 188 valence electrons. The standard InChI is InChI=1S/C27H31N5O4/c1-34-17-18-11-22(15-28-13-18)32-8-5-20-14-29-27(31-25(20)16-32)30-21-3-4-23(19-6-9-36-10-7-19)24(12-21)26(33)35-2/h3-4,11-15,19H,5-10,16-17H2,1-2H3,(H,29,30,31). The number of rotatable bonds is 7. The molecule has 1 fully saturated rings. The van der Waals surface area contributed by atoms with Crippen molar-refractivity contribution in [3.63, 3.8) is 0 Å². The molecule has 0 aliphatic carbocycles. The molecule has 9 nitrogen and oxygen atoms in total. The number of anilines is 3. The van der Waals surface area contributed by atoms with E-state index in [0.717, 1.165) is 59.6 Å². The van der Waals surface area contributed by atoms with Gasteiger partial charge in [0.25, 0.3) is 0 Å². The van der Waals surface area contributed by atoms with Gasteiger partial charge in [0.15, 0.2) is 0 Å². The lowest BCUT2D eigenvalue weighted by Gasteiger charge is -2.30. The second kappa shape index (κ2) is 11.0. The number of nitrogens with zero attached hydrogens (tertiary/aromatic N) is 4. The minimum absolute atomic E-state index is 0.282. The Kier molecular flexibility index (Phi) is 7.39. The molecule has 0 spiro atoms. The Balaban J connectivity index is 1.35. The maximum atomic E-state index is 12.6. The number of aromatic nitrogens is 3. The number of hydrogen-bond acceptors (Lipinski definition) is 9. The number of methoxy groups -OCH3 is 2. The summed E-state index contributed by atoms with van der Waals surface area (Å²) in [5.74, 6) is 0.438. The topological polar surface area (TPSA) is 98.7 Å². The van der Waals surface area contributed by atoms with Gasteiger partial charge in [0.1, 0.15) is 0 Å². The van der Waals surface area contributed by atoms with E-state index in [4.69, 9.17) is 19.2 Å². The van der Waals surface area contributed by atoms with Crippen molar-refractivity contribution in [2.24, 2.45) is 0 Å². The van der Waals surface area contributed by atoms with Crippen LogP contribution in [0.4, 0.5) is 17.3 Å². The third-order valence-electron chi connectivity index (χ3n) is 6.78. The molecular formula is C27H31N5O4. The summed E-state index contributed by atoms with van der Waals surface area (Å²) in [6, 6.07) is 7.92. The Morgan fingerprint density at radius 2 is 2.03 bits per heavy atom. The molecular weight excluding hydrogens is 458 g/mol. The van der Waals surface area contributed by atoms with Crippen LogP contribution in [0.5, 0.6) is 0 Å². The van der Waals surface area contributed by atoms with Gasteiger partial charge >= 0.3 is 5.97 Å². The van der Waals surface area contributed by atoms with Gasteiger partial charge in [-0.05, 0) is 60.1 Å². The maximum Gasteiger partial charge on any atom is 0.338 e. The SMILES string of the molecule is COCc1cncc(N2CCc3cnc(Nc4ccc(C5CCOCC5)c(C(=O)OC)c4)nc3C2)c1. The lowest BCUT2D eigenvalue weighted by atomic mass is 9.88. The first-order valence-electron chi connectivity index (χ1n) is 12.2. The van der Waals surface area contributed by atoms with E-state index in [-0.39, 0.29) is 11.9 Å². The number of carbonyl (C=O) groups excluding carboxylic acids is 1. The molecule has 36 heavy (non-hydrogen) atoms. The van der Waals surface area contributed by atoms with E-state index >= 15 is 0 Å². The van der Waals surface area contributed by atoms with Crippen LogP contribution in [0.25, 0.3) is 0 Å². The van der Waals surface area contributed by atoms with Gasteiger partial charge in [-0.2, -0.15) is 0 Å². The summed E-state index contributed by atoms with van der Waals surface area (Å²) in [7, 11) is 3.09. The number of fused-ring (bicyclic) bond motifs is 1. The van der Waals surface area contributed by atoms with Crippen molar-refractivity contribution < 1.29 is 19.0 Å². The van der Waals surface area contributed by atoms with Crippen LogP contribution in [0.3, 0.4) is 0 Å². The summed E-state index contributed by atoms with van der Waals surface area (Å²) in [6.07, 6.45) is 8.23. The van der Waals surface area contributed by atoms with Gasteiger partial charge in [-0.3, -0.25) is 4.98 Å². The molecule has 1 aromatic carbocycles. The fraction of sp³-hybridized carbons (Fsp3) is 0.407. The zero-order valence-corrected chi connectivity index (χ0v) is 20.7. The molecule has 4 heterocycles. The van der Waals surface area contributed by atoms with Gasteiger partial charge < -0.3 is 24.4 Å². The maximum absolute atomic E-state index is 12.6. The highest BCUT2D eigenvalue weighted by molar-refractivity contribution is 5.92. The molecule has 0 amide bonds. The van der Waals surface area contributed by atoms with Gasteiger partial charge in [0.2, 0.25) is 5.95 Å². The number of nitrogens with one attached hydrogen (secondary N) is 1. The van der Waals surface area contributed by atoms with E-state index in [1.165, 1.54) is 7.11 Å². The van der Waals surface area contributed by atoms with Crippen molar-refractivity contribution in [3.8, 4) is 0 Å². The van der Waals surface area contributed by atoms with Crippen molar-refractivity contribution in [2.45, 2.75) is 38.3 Å². The zero-order valence-electron chi connectivity index (χ0n) is 20.7. The van der Waals surface area contributed by atoms with Gasteiger partial charge in [0, 0.05) is 44.9 Å². The van der Waals surface area contributed by atoms with E-state index in [0.29, 0.717) is 37.9 Å². The third kappa shape index (κ3) is 5.32. The van der Waals surface area contributed by atoms with Crippen LogP contribution in [0.2, 0.25) is 0 Å². The Hall–Kier alpha value is -3.56. The predicted octanol–water partition coefficient (Wildman–Crippen LogP) is 4.00. The Bertz CT molecular complexity index is 1230. The highest BCUT2D eigenvalue weighted by Crippen LogP contribution is 2.32. The molecule has 2 aromatic heterocycles. The van der Waals surface area contributed by atoms with Gasteiger partial charge in [-0.1, -0.05) is 6.07 Å². The quantitative estimate of drug-likeness (QED) is 0.494. The highest BCUT2D eigenvalue weighted by atomic mass is 16.5. The van der Waals surface area contributed by atoms with Crippen LogP contribution in [0.1, 0.15) is 51.5 Å². The first-order chi connectivity index (χ1) is 17.6. The first-order valence-corrected chi connectivity index (χ1v) is 12.2. The minimum Gasteiger partial charge on any atom is -0.465 e. The van der Waals surface area contributed by atoms with Gasteiger partial charge in [-0.15, -0.1) is 0 Å². The van der Waals surface area contributed by atoms with E-state index in [1.54, 1.807) is 7.11 Å². The molecule has 0 unspecified atom stereocenters. The molecule has 3 aromatic rings. The molecule has 1 saturated heterocycles. The van der Waals surface area contributed by atoms with Crippen LogP contribution in [0.15, 0.2) is 42.9 Å². The van der Waals surface area contributed by atoms with E-state index < -0.39 is 0 Å². The molecule has 0 radical (unpaired) electrons. The first kappa shape index (κ1) is 24.1. The Morgan fingerprint density at radius 1 is 1.17 bits per heavy atom. The van der Waals surface area contributed by atoms with Crippen molar-refractivity contribution in [1.29, 1.82) is 0 Å². The smallest absolute Gasteiger partial charge is 0.338 e. The molecule has 2 aliphatic heterocycles. The van der Waals surface area contributed by atoms with Crippen LogP contribution in [-0.2, 0) is 33.8 Å². The summed E-state index contributed by atoms with van der Waals surface area (Å²) >= 11 is 0. The van der Waals surface area contributed by atoms with E-state index in [9.17, 15) is 4.79 Å². The summed E-state index contributed by atoms with van der Waals surface area (Å²) in [5, 5.41) is 3.28. The number of esters is 1. The third-order valence-corrected chi connectivity index (χ3v) is 6.78.